The number of aromatic nitrogens is 2. The second-order valence-corrected chi connectivity index (χ2v) is 10.9. The molecule has 0 fully saturated rings. The summed E-state index contributed by atoms with van der Waals surface area (Å²) in [6.45, 7) is 2.02. The van der Waals surface area contributed by atoms with Gasteiger partial charge in [-0.05, 0) is 41.7 Å². The second-order valence-electron chi connectivity index (χ2n) is 7.50. The van der Waals surface area contributed by atoms with Crippen molar-refractivity contribution < 1.29 is 23.8 Å². The second kappa shape index (κ2) is 12.8. The van der Waals surface area contributed by atoms with Crippen molar-refractivity contribution in [2.45, 2.75) is 11.3 Å². The molecule has 38 heavy (non-hydrogen) atoms. The summed E-state index contributed by atoms with van der Waals surface area (Å²) in [4.78, 5) is 32.2. The van der Waals surface area contributed by atoms with Crippen LogP contribution in [0.4, 0.5) is 10.8 Å². The molecule has 4 rings (SSSR count). The van der Waals surface area contributed by atoms with E-state index in [1.54, 1.807) is 30.0 Å². The largest absolute Gasteiger partial charge is 0.493 e. The first-order valence-corrected chi connectivity index (χ1v) is 14.1. The van der Waals surface area contributed by atoms with Crippen molar-refractivity contribution in [3.63, 3.8) is 0 Å². The summed E-state index contributed by atoms with van der Waals surface area (Å²) in [5.74, 6) is 1.66. The molecule has 1 N–H and O–H groups in total. The summed E-state index contributed by atoms with van der Waals surface area (Å²) in [5, 5.41) is 11.6. The molecule has 0 bridgehead atoms. The van der Waals surface area contributed by atoms with E-state index < -0.39 is 0 Å². The van der Waals surface area contributed by atoms with E-state index in [4.69, 9.17) is 14.2 Å². The molecule has 1 aliphatic heterocycles. The molecule has 2 amide bonds. The number of amidine groups is 1. The Morgan fingerprint density at radius 2 is 1.76 bits per heavy atom. The first-order chi connectivity index (χ1) is 18.5. The van der Waals surface area contributed by atoms with Gasteiger partial charge in [0.1, 0.15) is 5.70 Å². The lowest BCUT2D eigenvalue weighted by Gasteiger charge is -2.17. The highest BCUT2D eigenvalue weighted by Crippen LogP contribution is 2.39. The molecule has 1 aromatic heterocycles. The average Bonchev–Trinajstić information content (AvgIpc) is 3.50. The van der Waals surface area contributed by atoms with Crippen molar-refractivity contribution in [2.24, 2.45) is 4.99 Å². The minimum atomic E-state index is -0.321. The van der Waals surface area contributed by atoms with E-state index in [0.29, 0.717) is 38.8 Å². The highest BCUT2D eigenvalue weighted by Gasteiger charge is 2.32. The normalized spacial score (nSPS) is 14.0. The molecule has 1 aliphatic rings. The number of thioether (sulfide) groups is 2. The number of carbonyl (C=O) groups excluding carboxylic acids is 2. The lowest BCUT2D eigenvalue weighted by atomic mass is 10.1. The number of aliphatic imine (C=N–C) groups is 1. The standard InChI is InChI=1S/C25H25N5O5S3/c1-5-36-25-29-28-23(38-25)27-20(31)14-37-24-26-17(22(32)30(24)16-9-7-6-8-10-16)11-15-12-18(33-2)21(35-4)19(13-15)34-3/h6-13H,5,14H2,1-4H3,(H,27,28,31)/b17-11+. The van der Waals surface area contributed by atoms with Gasteiger partial charge in [0.2, 0.25) is 16.8 Å². The van der Waals surface area contributed by atoms with Crippen LogP contribution in [-0.2, 0) is 9.59 Å². The summed E-state index contributed by atoms with van der Waals surface area (Å²) in [6, 6.07) is 12.6. The number of amides is 2. The van der Waals surface area contributed by atoms with Gasteiger partial charge in [-0.3, -0.25) is 19.8 Å². The lowest BCUT2D eigenvalue weighted by Crippen LogP contribution is -2.31. The fourth-order valence-corrected chi connectivity index (χ4v) is 5.95. The molecule has 0 atom stereocenters. The minimum absolute atomic E-state index is 0.0305. The molecule has 2 aromatic carbocycles. The number of nitrogens with one attached hydrogen (secondary N) is 1. The SMILES string of the molecule is CCSc1nnc(NC(=O)CSC2=N/C(=C/c3cc(OC)c(OC)c(OC)c3)C(=O)N2c2ccccc2)s1. The summed E-state index contributed by atoms with van der Waals surface area (Å²) in [6.07, 6.45) is 1.64. The summed E-state index contributed by atoms with van der Waals surface area (Å²) in [7, 11) is 4.57. The van der Waals surface area contributed by atoms with Crippen LogP contribution in [0.3, 0.4) is 0 Å². The number of nitrogens with zero attached hydrogens (tertiary/aromatic N) is 4. The minimum Gasteiger partial charge on any atom is -0.493 e. The number of hydrogen-bond acceptors (Lipinski definition) is 11. The van der Waals surface area contributed by atoms with Crippen LogP contribution in [0.15, 0.2) is 57.5 Å². The quantitative estimate of drug-likeness (QED) is 0.208. The number of carbonyl (C=O) groups is 2. The molecule has 2 heterocycles. The number of hydrogen-bond donors (Lipinski definition) is 1. The van der Waals surface area contributed by atoms with Gasteiger partial charge in [-0.2, -0.15) is 0 Å². The Kier molecular flexibility index (Phi) is 9.26. The zero-order chi connectivity index (χ0) is 27.1. The van der Waals surface area contributed by atoms with Crippen LogP contribution in [0.25, 0.3) is 6.08 Å². The number of rotatable bonds is 10. The van der Waals surface area contributed by atoms with Gasteiger partial charge in [-0.1, -0.05) is 60.0 Å². The molecule has 10 nitrogen and oxygen atoms in total. The molecular weight excluding hydrogens is 547 g/mol. The highest BCUT2D eigenvalue weighted by molar-refractivity contribution is 8.14. The predicted octanol–water partition coefficient (Wildman–Crippen LogP) is 4.79. The van der Waals surface area contributed by atoms with Crippen molar-refractivity contribution in [1.82, 2.24) is 10.2 Å². The van der Waals surface area contributed by atoms with Gasteiger partial charge in [0.15, 0.2) is 21.0 Å². The maximum Gasteiger partial charge on any atom is 0.283 e. The molecule has 198 valence electrons. The van der Waals surface area contributed by atoms with Crippen molar-refractivity contribution in [3.8, 4) is 17.2 Å². The summed E-state index contributed by atoms with van der Waals surface area (Å²) in [5.41, 5.74) is 1.49. The molecule has 0 radical (unpaired) electrons. The van der Waals surface area contributed by atoms with Crippen LogP contribution in [0.2, 0.25) is 0 Å². The van der Waals surface area contributed by atoms with Crippen molar-refractivity contribution in [3.05, 3.63) is 53.7 Å². The van der Waals surface area contributed by atoms with Crippen LogP contribution in [-0.4, -0.2) is 60.0 Å². The molecule has 0 spiro atoms. The number of anilines is 2. The molecule has 0 unspecified atom stereocenters. The predicted molar refractivity (Wildman–Crippen MR) is 153 cm³/mol. The monoisotopic (exact) mass is 571 g/mol. The van der Waals surface area contributed by atoms with Crippen LogP contribution < -0.4 is 24.4 Å². The van der Waals surface area contributed by atoms with Gasteiger partial charge >= 0.3 is 0 Å². The zero-order valence-corrected chi connectivity index (χ0v) is 23.5. The number of para-hydroxylation sites is 1. The maximum absolute atomic E-state index is 13.5. The highest BCUT2D eigenvalue weighted by atomic mass is 32.2. The number of methoxy groups -OCH3 is 3. The molecule has 0 saturated carbocycles. The Balaban J connectivity index is 1.59. The average molecular weight is 572 g/mol. The van der Waals surface area contributed by atoms with Gasteiger partial charge in [0.25, 0.3) is 5.91 Å². The molecule has 0 saturated heterocycles. The Morgan fingerprint density at radius 1 is 1.05 bits per heavy atom. The van der Waals surface area contributed by atoms with Crippen LogP contribution in [0, 0.1) is 0 Å². The summed E-state index contributed by atoms with van der Waals surface area (Å²) < 4.78 is 17.0. The first-order valence-electron chi connectivity index (χ1n) is 11.4. The molecule has 13 heteroatoms. The molecule has 3 aromatic rings. The van der Waals surface area contributed by atoms with E-state index in [-0.39, 0.29) is 23.3 Å². The number of ether oxygens (including phenoxy) is 3. The van der Waals surface area contributed by atoms with Gasteiger partial charge in [-0.25, -0.2) is 4.99 Å². The van der Waals surface area contributed by atoms with Gasteiger partial charge in [0.05, 0.1) is 32.8 Å². The van der Waals surface area contributed by atoms with E-state index in [9.17, 15) is 9.59 Å². The Hall–Kier alpha value is -3.55. The van der Waals surface area contributed by atoms with E-state index in [1.807, 2.05) is 37.3 Å². The maximum atomic E-state index is 13.5. The van der Waals surface area contributed by atoms with Crippen molar-refractivity contribution in [1.29, 1.82) is 0 Å². The third-order valence-electron chi connectivity index (χ3n) is 5.09. The smallest absolute Gasteiger partial charge is 0.283 e. The topological polar surface area (TPSA) is 115 Å². The molecular formula is C25H25N5O5S3. The Bertz CT molecular complexity index is 1350. The van der Waals surface area contributed by atoms with E-state index in [1.165, 1.54) is 37.6 Å². The van der Waals surface area contributed by atoms with Gasteiger partial charge < -0.3 is 14.2 Å². The van der Waals surface area contributed by atoms with Gasteiger partial charge in [0, 0.05) is 0 Å². The fraction of sp³-hybridized carbons (Fsp3) is 0.240. The lowest BCUT2D eigenvalue weighted by molar-refractivity contribution is -0.114. The van der Waals surface area contributed by atoms with Crippen LogP contribution in [0.5, 0.6) is 17.2 Å². The van der Waals surface area contributed by atoms with E-state index >= 15 is 0 Å². The van der Waals surface area contributed by atoms with Crippen LogP contribution in [0.1, 0.15) is 12.5 Å². The number of benzene rings is 2. The fourth-order valence-electron chi connectivity index (χ4n) is 3.47. The Morgan fingerprint density at radius 3 is 2.39 bits per heavy atom. The Labute approximate surface area is 232 Å². The first kappa shape index (κ1) is 27.5. The van der Waals surface area contributed by atoms with Crippen molar-refractivity contribution >= 4 is 68.7 Å². The van der Waals surface area contributed by atoms with Crippen LogP contribution >= 0.6 is 34.9 Å². The van der Waals surface area contributed by atoms with Crippen molar-refractivity contribution in [2.75, 3.05) is 43.1 Å². The third kappa shape index (κ3) is 6.29. The van der Waals surface area contributed by atoms with E-state index in [2.05, 4.69) is 20.5 Å². The third-order valence-corrected chi connectivity index (χ3v) is 7.88. The van der Waals surface area contributed by atoms with Gasteiger partial charge in [-0.15, -0.1) is 10.2 Å². The molecule has 0 aliphatic carbocycles. The summed E-state index contributed by atoms with van der Waals surface area (Å²) >= 11 is 4.03. The van der Waals surface area contributed by atoms with E-state index in [0.717, 1.165) is 21.9 Å². The zero-order valence-electron chi connectivity index (χ0n) is 21.1.